The van der Waals surface area contributed by atoms with E-state index in [0.29, 0.717) is 11.6 Å². The zero-order valence-corrected chi connectivity index (χ0v) is 21.1. The normalized spacial score (nSPS) is 24.5. The number of hydrogen-bond acceptors (Lipinski definition) is 6. The van der Waals surface area contributed by atoms with Gasteiger partial charge in [0.25, 0.3) is 0 Å². The third kappa shape index (κ3) is 6.12. The Morgan fingerprint density at radius 3 is 2.39 bits per heavy atom. The Kier molecular flexibility index (Phi) is 9.23. The summed E-state index contributed by atoms with van der Waals surface area (Å²) in [5.74, 6) is 2.24. The van der Waals surface area contributed by atoms with Gasteiger partial charge in [0, 0.05) is 56.2 Å². The topological polar surface area (TPSA) is 108 Å². The molecule has 7 nitrogen and oxygen atoms in total. The fraction of sp³-hybridized carbons (Fsp3) is 0.593. The Morgan fingerprint density at radius 2 is 1.78 bits per heavy atom. The molecule has 1 aromatic heterocycles. The van der Waals surface area contributed by atoms with Crippen molar-refractivity contribution in [1.82, 2.24) is 14.7 Å². The van der Waals surface area contributed by atoms with E-state index in [9.17, 15) is 0 Å². The Morgan fingerprint density at radius 1 is 1.08 bits per heavy atom. The molecular formula is C27H42B2N6O. The van der Waals surface area contributed by atoms with Crippen molar-refractivity contribution in [3.63, 3.8) is 0 Å². The van der Waals surface area contributed by atoms with Crippen LogP contribution in [0.25, 0.3) is 16.6 Å². The SMILES string of the molecule is C.Cc1c(/C(N)=C/C=C(N)N)ccc2nn(C)cc12.[B]C([B])(C1CCCOC1)N1CC2CCCC2C1. The van der Waals surface area contributed by atoms with Crippen LogP contribution in [0.3, 0.4) is 0 Å². The second kappa shape index (κ2) is 11.8. The fourth-order valence-electron chi connectivity index (χ4n) is 5.85. The maximum absolute atomic E-state index is 6.42. The molecule has 2 saturated heterocycles. The maximum Gasteiger partial charge on any atom is 0.0934 e. The van der Waals surface area contributed by atoms with E-state index < -0.39 is 5.34 Å². The molecule has 6 N–H and O–H groups in total. The molecule has 0 spiro atoms. The molecule has 3 fully saturated rings. The summed E-state index contributed by atoms with van der Waals surface area (Å²) in [4.78, 5) is 2.33. The zero-order chi connectivity index (χ0) is 25.2. The largest absolute Gasteiger partial charge is 0.398 e. The van der Waals surface area contributed by atoms with E-state index in [1.165, 1.54) is 19.3 Å². The van der Waals surface area contributed by atoms with Gasteiger partial charge in [-0.15, -0.1) is 0 Å². The molecule has 5 rings (SSSR count). The lowest BCUT2D eigenvalue weighted by molar-refractivity contribution is 0.0214. The third-order valence-corrected chi connectivity index (χ3v) is 7.93. The van der Waals surface area contributed by atoms with Gasteiger partial charge in [-0.05, 0) is 79.5 Å². The fourth-order valence-corrected chi connectivity index (χ4v) is 5.85. The lowest BCUT2D eigenvalue weighted by atomic mass is 9.53. The summed E-state index contributed by atoms with van der Waals surface area (Å²) in [6.07, 6.45) is 11.6. The van der Waals surface area contributed by atoms with Gasteiger partial charge in [0.15, 0.2) is 0 Å². The van der Waals surface area contributed by atoms with Crippen molar-refractivity contribution in [3.05, 3.63) is 47.4 Å². The smallest absolute Gasteiger partial charge is 0.0934 e. The predicted octanol–water partition coefficient (Wildman–Crippen LogP) is 2.71. The summed E-state index contributed by atoms with van der Waals surface area (Å²) in [5, 5.41) is 4.80. The molecular weight excluding hydrogens is 446 g/mol. The van der Waals surface area contributed by atoms with Gasteiger partial charge >= 0.3 is 0 Å². The molecule has 0 amide bonds. The molecule has 4 radical (unpaired) electrons. The molecule has 3 atom stereocenters. The Hall–Kier alpha value is -2.38. The summed E-state index contributed by atoms with van der Waals surface area (Å²) in [6, 6.07) is 3.91. The van der Waals surface area contributed by atoms with Crippen molar-refractivity contribution < 1.29 is 4.74 Å². The highest BCUT2D eigenvalue weighted by molar-refractivity contribution is 6.40. The van der Waals surface area contributed by atoms with Crippen LogP contribution in [0.4, 0.5) is 0 Å². The second-order valence-electron chi connectivity index (χ2n) is 10.4. The minimum atomic E-state index is -0.648. The average Bonchev–Trinajstić information content (AvgIpc) is 3.53. The number of allylic oxidation sites excluding steroid dienone is 2. The number of hydrogen-bond donors (Lipinski definition) is 3. The molecule has 2 aliphatic heterocycles. The summed E-state index contributed by atoms with van der Waals surface area (Å²) in [5.41, 5.74) is 20.4. The summed E-state index contributed by atoms with van der Waals surface area (Å²) < 4.78 is 7.33. The molecule has 3 unspecified atom stereocenters. The minimum absolute atomic E-state index is 0. The van der Waals surface area contributed by atoms with Gasteiger partial charge in [-0.1, -0.05) is 19.9 Å². The van der Waals surface area contributed by atoms with Gasteiger partial charge in [0.2, 0.25) is 0 Å². The molecule has 3 aliphatic rings. The van der Waals surface area contributed by atoms with E-state index in [1.54, 1.807) is 16.8 Å². The van der Waals surface area contributed by atoms with Crippen LogP contribution in [0.5, 0.6) is 0 Å². The van der Waals surface area contributed by atoms with Crippen molar-refractivity contribution in [2.45, 2.75) is 51.8 Å². The first-order chi connectivity index (χ1) is 16.7. The molecule has 1 saturated carbocycles. The summed E-state index contributed by atoms with van der Waals surface area (Å²) in [6.45, 7) is 5.84. The second-order valence-corrected chi connectivity index (χ2v) is 10.4. The highest BCUT2D eigenvalue weighted by Crippen LogP contribution is 2.41. The monoisotopic (exact) mass is 488 g/mol. The Balaban J connectivity index is 0.000000195. The van der Waals surface area contributed by atoms with Crippen LogP contribution in [-0.4, -0.2) is 62.0 Å². The highest BCUT2D eigenvalue weighted by atomic mass is 16.5. The molecule has 1 aromatic carbocycles. The number of nitrogens with two attached hydrogens (primary N) is 3. The number of nitrogens with zero attached hydrogens (tertiary/aromatic N) is 3. The molecule has 0 bridgehead atoms. The first kappa shape index (κ1) is 28.2. The number of rotatable bonds is 4. The first-order valence-electron chi connectivity index (χ1n) is 12.7. The number of ether oxygens (including phenoxy) is 1. The zero-order valence-electron chi connectivity index (χ0n) is 21.1. The maximum atomic E-state index is 6.42. The number of aryl methyl sites for hydroxylation is 2. The lowest BCUT2D eigenvalue weighted by Gasteiger charge is -2.45. The van der Waals surface area contributed by atoms with Gasteiger partial charge in [-0.2, -0.15) is 5.10 Å². The number of aromatic nitrogens is 2. The highest BCUT2D eigenvalue weighted by Gasteiger charge is 2.44. The lowest BCUT2D eigenvalue weighted by Crippen LogP contribution is -2.56. The van der Waals surface area contributed by atoms with Crippen LogP contribution in [0.1, 0.15) is 50.7 Å². The van der Waals surface area contributed by atoms with Crippen LogP contribution < -0.4 is 17.2 Å². The molecule has 9 heteroatoms. The summed E-state index contributed by atoms with van der Waals surface area (Å²) in [7, 11) is 14.7. The number of likely N-dealkylation sites (tertiary alicyclic amines) is 1. The van der Waals surface area contributed by atoms with E-state index in [0.717, 1.165) is 73.0 Å². The van der Waals surface area contributed by atoms with Gasteiger partial charge < -0.3 is 26.8 Å². The van der Waals surface area contributed by atoms with Crippen LogP contribution >= 0.6 is 0 Å². The van der Waals surface area contributed by atoms with Crippen LogP contribution in [0.15, 0.2) is 36.3 Å². The van der Waals surface area contributed by atoms with Crippen LogP contribution in [0.2, 0.25) is 0 Å². The Labute approximate surface area is 219 Å². The third-order valence-electron chi connectivity index (χ3n) is 7.93. The molecule has 3 heterocycles. The van der Waals surface area contributed by atoms with Crippen molar-refractivity contribution in [2.75, 3.05) is 26.3 Å². The van der Waals surface area contributed by atoms with Crippen molar-refractivity contribution >= 4 is 32.3 Å². The van der Waals surface area contributed by atoms with E-state index >= 15 is 0 Å². The quantitative estimate of drug-likeness (QED) is 0.451. The minimum Gasteiger partial charge on any atom is -0.398 e. The summed E-state index contributed by atoms with van der Waals surface area (Å²) >= 11 is 0. The van der Waals surface area contributed by atoms with Gasteiger partial charge in [-0.25, -0.2) is 0 Å². The van der Waals surface area contributed by atoms with E-state index in [-0.39, 0.29) is 13.2 Å². The molecule has 2 aromatic rings. The van der Waals surface area contributed by atoms with Gasteiger partial charge in [0.1, 0.15) is 0 Å². The van der Waals surface area contributed by atoms with Crippen molar-refractivity contribution in [3.8, 4) is 0 Å². The predicted molar refractivity (Wildman–Crippen MR) is 151 cm³/mol. The van der Waals surface area contributed by atoms with Crippen molar-refractivity contribution in [1.29, 1.82) is 0 Å². The standard InChI is InChI=1S/C13H21B2NO.C13H17N5.CH4/c14-13(15,12-5-2-6-17-9-12)16-7-10-3-1-4-11(10)8-16;1-8-9(11(14)4-6-13(15)16)3-5-12-10(8)7-18(2)17-12;/h10-12H,1-9H2;3-7H,14-16H2,1-2H3;1H4/b;11-4-;. The van der Waals surface area contributed by atoms with E-state index in [2.05, 4.69) is 10.00 Å². The van der Waals surface area contributed by atoms with Crippen LogP contribution in [-0.2, 0) is 11.8 Å². The average molecular weight is 488 g/mol. The van der Waals surface area contributed by atoms with Crippen LogP contribution in [0, 0.1) is 24.7 Å². The van der Waals surface area contributed by atoms with Gasteiger partial charge in [0.05, 0.1) is 27.0 Å². The number of benzene rings is 1. The van der Waals surface area contributed by atoms with Crippen molar-refractivity contribution in [2.24, 2.45) is 42.0 Å². The molecule has 36 heavy (non-hydrogen) atoms. The number of fused-ring (bicyclic) bond motifs is 2. The van der Waals surface area contributed by atoms with E-state index in [4.69, 9.17) is 37.6 Å². The first-order valence-corrected chi connectivity index (χ1v) is 12.7. The molecule has 1 aliphatic carbocycles. The van der Waals surface area contributed by atoms with Gasteiger partial charge in [-0.3, -0.25) is 4.68 Å². The molecule has 192 valence electrons. The Bertz CT molecular complexity index is 1070. The van der Waals surface area contributed by atoms with E-state index in [1.807, 2.05) is 32.3 Å².